The SMILES string of the molecule is N#CC1(NC(=O)c2ccc(Cl)c(Br)c2)CCC1. The molecule has 5 heteroatoms. The van der Waals surface area contributed by atoms with Gasteiger partial charge in [-0.3, -0.25) is 4.79 Å². The third-order valence-corrected chi connectivity index (χ3v) is 4.17. The molecule has 2 rings (SSSR count). The van der Waals surface area contributed by atoms with E-state index >= 15 is 0 Å². The summed E-state index contributed by atoms with van der Waals surface area (Å²) in [6.45, 7) is 0. The van der Waals surface area contributed by atoms with E-state index in [-0.39, 0.29) is 5.91 Å². The zero-order valence-electron chi connectivity index (χ0n) is 8.96. The summed E-state index contributed by atoms with van der Waals surface area (Å²) in [5.41, 5.74) is -0.161. The van der Waals surface area contributed by atoms with Crippen LogP contribution in [0.1, 0.15) is 29.6 Å². The van der Waals surface area contributed by atoms with E-state index < -0.39 is 5.54 Å². The van der Waals surface area contributed by atoms with Crippen LogP contribution in [0.3, 0.4) is 0 Å². The van der Waals surface area contributed by atoms with Gasteiger partial charge in [-0.2, -0.15) is 5.26 Å². The van der Waals surface area contributed by atoms with Crippen LogP contribution in [-0.4, -0.2) is 11.4 Å². The molecule has 1 fully saturated rings. The molecule has 1 aliphatic rings. The van der Waals surface area contributed by atoms with Crippen LogP contribution in [-0.2, 0) is 0 Å². The highest BCUT2D eigenvalue weighted by molar-refractivity contribution is 9.10. The number of nitrogens with one attached hydrogen (secondary N) is 1. The van der Waals surface area contributed by atoms with Crippen molar-refractivity contribution in [3.8, 4) is 6.07 Å². The lowest BCUT2D eigenvalue weighted by molar-refractivity contribution is 0.0881. The highest BCUT2D eigenvalue weighted by atomic mass is 79.9. The molecule has 17 heavy (non-hydrogen) atoms. The van der Waals surface area contributed by atoms with E-state index in [0.717, 1.165) is 19.3 Å². The number of hydrogen-bond donors (Lipinski definition) is 1. The monoisotopic (exact) mass is 312 g/mol. The Morgan fingerprint density at radius 1 is 1.53 bits per heavy atom. The molecule has 1 N–H and O–H groups in total. The molecular weight excluding hydrogens is 304 g/mol. The van der Waals surface area contributed by atoms with Gasteiger partial charge in [-0.15, -0.1) is 0 Å². The first-order valence-electron chi connectivity index (χ1n) is 5.25. The number of carbonyl (C=O) groups is 1. The summed E-state index contributed by atoms with van der Waals surface area (Å²) in [7, 11) is 0. The molecule has 0 saturated heterocycles. The number of carbonyl (C=O) groups excluding carboxylic acids is 1. The summed E-state index contributed by atoms with van der Waals surface area (Å²) in [5.74, 6) is -0.233. The number of rotatable bonds is 2. The molecule has 0 atom stereocenters. The molecule has 88 valence electrons. The minimum absolute atomic E-state index is 0.233. The Kier molecular flexibility index (Phi) is 3.41. The predicted molar refractivity (Wildman–Crippen MR) is 68.8 cm³/mol. The Hall–Kier alpha value is -1.05. The normalized spacial score (nSPS) is 16.8. The molecule has 3 nitrogen and oxygen atoms in total. The third-order valence-electron chi connectivity index (χ3n) is 2.96. The smallest absolute Gasteiger partial charge is 0.252 e. The first-order chi connectivity index (χ1) is 8.06. The molecule has 0 radical (unpaired) electrons. The zero-order valence-corrected chi connectivity index (χ0v) is 11.3. The zero-order chi connectivity index (χ0) is 12.5. The van der Waals surface area contributed by atoms with Gasteiger partial charge < -0.3 is 5.32 Å². The molecule has 1 aliphatic carbocycles. The van der Waals surface area contributed by atoms with Gasteiger partial charge in [0.25, 0.3) is 5.91 Å². The van der Waals surface area contributed by atoms with Gasteiger partial charge in [0.05, 0.1) is 11.1 Å². The average Bonchev–Trinajstić information content (AvgIpc) is 2.27. The molecule has 1 saturated carbocycles. The highest BCUT2D eigenvalue weighted by Crippen LogP contribution is 2.31. The Balaban J connectivity index is 2.15. The standard InChI is InChI=1S/C12H10BrClN2O/c13-9-6-8(2-3-10(9)14)11(17)16-12(7-15)4-1-5-12/h2-3,6H,1,4-5H2,(H,16,17). The maximum absolute atomic E-state index is 11.9. The first kappa shape index (κ1) is 12.4. The Morgan fingerprint density at radius 2 is 2.24 bits per heavy atom. The van der Waals surface area contributed by atoms with E-state index in [1.54, 1.807) is 18.2 Å². The topological polar surface area (TPSA) is 52.9 Å². The molecule has 0 aliphatic heterocycles. The third kappa shape index (κ3) is 2.46. The quantitative estimate of drug-likeness (QED) is 0.911. The van der Waals surface area contributed by atoms with Crippen LogP contribution in [0, 0.1) is 11.3 Å². The lowest BCUT2D eigenvalue weighted by Crippen LogP contribution is -2.52. The van der Waals surface area contributed by atoms with Crippen LogP contribution >= 0.6 is 27.5 Å². The maximum Gasteiger partial charge on any atom is 0.252 e. The van der Waals surface area contributed by atoms with Crippen LogP contribution in [0.15, 0.2) is 22.7 Å². The van der Waals surface area contributed by atoms with E-state index in [9.17, 15) is 4.79 Å². The van der Waals surface area contributed by atoms with Gasteiger partial charge in [-0.25, -0.2) is 0 Å². The maximum atomic E-state index is 11.9. The van der Waals surface area contributed by atoms with Crippen molar-refractivity contribution in [1.82, 2.24) is 5.32 Å². The highest BCUT2D eigenvalue weighted by Gasteiger charge is 2.38. The molecule has 0 bridgehead atoms. The van der Waals surface area contributed by atoms with Gasteiger partial charge in [0.15, 0.2) is 0 Å². The van der Waals surface area contributed by atoms with Gasteiger partial charge in [0, 0.05) is 10.0 Å². The van der Waals surface area contributed by atoms with E-state index in [4.69, 9.17) is 16.9 Å². The van der Waals surface area contributed by atoms with Gasteiger partial charge in [0.2, 0.25) is 0 Å². The van der Waals surface area contributed by atoms with Crippen molar-refractivity contribution in [2.24, 2.45) is 0 Å². The number of nitriles is 1. The molecule has 0 unspecified atom stereocenters. The number of halogens is 2. The molecule has 1 aromatic carbocycles. The Bertz CT molecular complexity index is 506. The van der Waals surface area contributed by atoms with Crippen LogP contribution in [0.25, 0.3) is 0 Å². The molecular formula is C12H10BrClN2O. The summed E-state index contributed by atoms with van der Waals surface area (Å²) in [5, 5.41) is 12.4. The first-order valence-corrected chi connectivity index (χ1v) is 6.42. The Morgan fingerprint density at radius 3 is 2.71 bits per heavy atom. The minimum atomic E-state index is -0.663. The molecule has 1 amide bonds. The van der Waals surface area contributed by atoms with E-state index in [1.165, 1.54) is 0 Å². The fraction of sp³-hybridized carbons (Fsp3) is 0.333. The lowest BCUT2D eigenvalue weighted by Gasteiger charge is -2.35. The summed E-state index contributed by atoms with van der Waals surface area (Å²) >= 11 is 9.12. The van der Waals surface area contributed by atoms with Crippen LogP contribution in [0.2, 0.25) is 5.02 Å². The van der Waals surface area contributed by atoms with Gasteiger partial charge in [0.1, 0.15) is 5.54 Å². The molecule has 1 aromatic rings. The second-order valence-electron chi connectivity index (χ2n) is 4.13. The van der Waals surface area contributed by atoms with Crippen molar-refractivity contribution in [3.63, 3.8) is 0 Å². The Labute approximate surface area is 113 Å². The summed E-state index contributed by atoms with van der Waals surface area (Å²) in [4.78, 5) is 11.9. The van der Waals surface area contributed by atoms with Crippen molar-refractivity contribution in [2.45, 2.75) is 24.8 Å². The van der Waals surface area contributed by atoms with Gasteiger partial charge in [-0.05, 0) is 53.4 Å². The number of hydrogen-bond acceptors (Lipinski definition) is 2. The second-order valence-corrected chi connectivity index (χ2v) is 5.39. The number of benzene rings is 1. The number of nitrogens with zero attached hydrogens (tertiary/aromatic N) is 1. The van der Waals surface area contributed by atoms with E-state index in [0.29, 0.717) is 15.1 Å². The molecule has 0 spiro atoms. The predicted octanol–water partition coefficient (Wildman–Crippen LogP) is 3.28. The molecule has 0 aromatic heterocycles. The fourth-order valence-corrected chi connectivity index (χ4v) is 2.22. The average molecular weight is 314 g/mol. The van der Waals surface area contributed by atoms with Crippen molar-refractivity contribution >= 4 is 33.4 Å². The van der Waals surface area contributed by atoms with Crippen molar-refractivity contribution in [1.29, 1.82) is 5.26 Å². The van der Waals surface area contributed by atoms with Crippen molar-refractivity contribution in [2.75, 3.05) is 0 Å². The largest absolute Gasteiger partial charge is 0.334 e. The van der Waals surface area contributed by atoms with Crippen LogP contribution < -0.4 is 5.32 Å². The fourth-order valence-electron chi connectivity index (χ4n) is 1.72. The summed E-state index contributed by atoms with van der Waals surface area (Å²) in [6, 6.07) is 7.12. The van der Waals surface area contributed by atoms with Crippen molar-refractivity contribution < 1.29 is 4.79 Å². The van der Waals surface area contributed by atoms with E-state index in [1.807, 2.05) is 0 Å². The van der Waals surface area contributed by atoms with E-state index in [2.05, 4.69) is 27.3 Å². The summed E-state index contributed by atoms with van der Waals surface area (Å²) in [6.07, 6.45) is 2.44. The van der Waals surface area contributed by atoms with Gasteiger partial charge >= 0.3 is 0 Å². The second kappa shape index (κ2) is 4.67. The van der Waals surface area contributed by atoms with Crippen LogP contribution in [0.4, 0.5) is 0 Å². The lowest BCUT2D eigenvalue weighted by atomic mass is 9.78. The van der Waals surface area contributed by atoms with Crippen LogP contribution in [0.5, 0.6) is 0 Å². The van der Waals surface area contributed by atoms with Gasteiger partial charge in [-0.1, -0.05) is 11.6 Å². The number of amides is 1. The summed E-state index contributed by atoms with van der Waals surface area (Å²) < 4.78 is 0.673. The minimum Gasteiger partial charge on any atom is -0.334 e. The molecule has 0 heterocycles. The van der Waals surface area contributed by atoms with Crippen molar-refractivity contribution in [3.05, 3.63) is 33.3 Å².